The minimum Gasteiger partial charge on any atom is -0.488 e. The van der Waals surface area contributed by atoms with Crippen LogP contribution in [0, 0.1) is 11.3 Å². The van der Waals surface area contributed by atoms with Gasteiger partial charge in [-0.15, -0.1) is 0 Å². The molecule has 0 atom stereocenters. The van der Waals surface area contributed by atoms with Crippen molar-refractivity contribution in [2.75, 3.05) is 0 Å². The molecule has 32 heavy (non-hydrogen) atoms. The predicted molar refractivity (Wildman–Crippen MR) is 127 cm³/mol. The first kappa shape index (κ1) is 20.1. The minimum absolute atomic E-state index is 0.328. The van der Waals surface area contributed by atoms with Gasteiger partial charge in [0.25, 0.3) is 0 Å². The van der Waals surface area contributed by atoms with Gasteiger partial charge in [0.2, 0.25) is 0 Å². The molecule has 0 saturated carbocycles. The molecule has 3 aromatic carbocycles. The molecule has 0 bridgehead atoms. The molecule has 158 valence electrons. The van der Waals surface area contributed by atoms with Crippen molar-refractivity contribution in [3.05, 3.63) is 100 Å². The molecule has 4 nitrogen and oxygen atoms in total. The summed E-state index contributed by atoms with van der Waals surface area (Å²) in [5.74, 6) is 2.23. The minimum atomic E-state index is 0.328. The maximum Gasteiger partial charge on any atom is 0.127 e. The number of hydrogen-bond acceptors (Lipinski definition) is 3. The summed E-state index contributed by atoms with van der Waals surface area (Å²) in [6.45, 7) is 7.46. The summed E-state index contributed by atoms with van der Waals surface area (Å²) in [6, 6.07) is 25.1. The number of aromatic nitrogens is 2. The molecule has 0 amide bonds. The lowest BCUT2D eigenvalue weighted by Crippen LogP contribution is -2.08. The van der Waals surface area contributed by atoms with Gasteiger partial charge in [0, 0.05) is 29.2 Å². The van der Waals surface area contributed by atoms with E-state index >= 15 is 0 Å². The molecule has 0 fully saturated rings. The quantitative estimate of drug-likeness (QED) is 0.359. The van der Waals surface area contributed by atoms with Crippen molar-refractivity contribution in [1.82, 2.24) is 9.55 Å². The third-order valence-electron chi connectivity index (χ3n) is 6.06. The lowest BCUT2D eigenvalue weighted by Gasteiger charge is -2.15. The Kier molecular flexibility index (Phi) is 5.03. The molecule has 1 aliphatic rings. The monoisotopic (exact) mass is 419 g/mol. The zero-order valence-corrected chi connectivity index (χ0v) is 18.6. The van der Waals surface area contributed by atoms with Gasteiger partial charge in [-0.2, -0.15) is 5.26 Å². The van der Waals surface area contributed by atoms with Gasteiger partial charge in [-0.25, -0.2) is 4.98 Å². The van der Waals surface area contributed by atoms with E-state index in [2.05, 4.69) is 60.9 Å². The van der Waals surface area contributed by atoms with Crippen LogP contribution in [0.5, 0.6) is 5.75 Å². The number of fused-ring (bicyclic) bond motifs is 3. The number of nitrogens with zero attached hydrogens (tertiary/aromatic N) is 3. The highest BCUT2D eigenvalue weighted by atomic mass is 16.5. The summed E-state index contributed by atoms with van der Waals surface area (Å²) >= 11 is 0. The standard InChI is InChI=1S/C28H25N3O/c1-18(2)28-30-24-9-5-6-10-25(24)31(28)16-20-12-13-22-21(14-20)17-32-26-11-7-4-8-23(26)27(22)19(3)15-29/h4-14,18H,16-17H2,1-3H3/b27-19+. The van der Waals surface area contributed by atoms with Crippen LogP contribution in [-0.4, -0.2) is 9.55 Å². The molecule has 0 radical (unpaired) electrons. The lowest BCUT2D eigenvalue weighted by molar-refractivity contribution is 0.307. The van der Waals surface area contributed by atoms with E-state index in [1.165, 1.54) is 5.56 Å². The first-order valence-electron chi connectivity index (χ1n) is 11.0. The van der Waals surface area contributed by atoms with E-state index in [0.717, 1.165) is 51.4 Å². The SMILES string of the molecule is C/C(C#N)=C1/c2ccc(Cn3c(C(C)C)nc4ccccc43)cc2COc2ccccc21. The third kappa shape index (κ3) is 3.36. The predicted octanol–water partition coefficient (Wildman–Crippen LogP) is 6.45. The van der Waals surface area contributed by atoms with Gasteiger partial charge in [0.15, 0.2) is 0 Å². The van der Waals surface area contributed by atoms with Crippen LogP contribution in [0.25, 0.3) is 16.6 Å². The molecule has 4 heteroatoms. The summed E-state index contributed by atoms with van der Waals surface area (Å²) in [5.41, 5.74) is 8.15. The van der Waals surface area contributed by atoms with E-state index in [9.17, 15) is 5.26 Å². The van der Waals surface area contributed by atoms with E-state index < -0.39 is 0 Å². The van der Waals surface area contributed by atoms with Crippen LogP contribution < -0.4 is 4.74 Å². The fraction of sp³-hybridized carbons (Fsp3) is 0.214. The third-order valence-corrected chi connectivity index (χ3v) is 6.06. The van der Waals surface area contributed by atoms with Gasteiger partial charge in [-0.1, -0.05) is 56.3 Å². The Morgan fingerprint density at radius 1 is 1.06 bits per heavy atom. The van der Waals surface area contributed by atoms with E-state index in [1.54, 1.807) is 0 Å². The summed E-state index contributed by atoms with van der Waals surface area (Å²) in [7, 11) is 0. The Morgan fingerprint density at radius 2 is 1.84 bits per heavy atom. The number of nitriles is 1. The van der Waals surface area contributed by atoms with Gasteiger partial charge in [-0.05, 0) is 47.9 Å². The zero-order chi connectivity index (χ0) is 22.2. The molecular formula is C28H25N3O. The van der Waals surface area contributed by atoms with Gasteiger partial charge in [-0.3, -0.25) is 0 Å². The van der Waals surface area contributed by atoms with Gasteiger partial charge < -0.3 is 9.30 Å². The van der Waals surface area contributed by atoms with E-state index in [1.807, 2.05) is 37.3 Å². The molecule has 2 heterocycles. The second-order valence-electron chi connectivity index (χ2n) is 8.59. The second-order valence-corrected chi connectivity index (χ2v) is 8.59. The fourth-order valence-electron chi connectivity index (χ4n) is 4.55. The number of imidazole rings is 1. The highest BCUT2D eigenvalue weighted by Crippen LogP contribution is 2.38. The van der Waals surface area contributed by atoms with Crippen LogP contribution in [0.3, 0.4) is 0 Å². The van der Waals surface area contributed by atoms with Crippen LogP contribution in [0.2, 0.25) is 0 Å². The van der Waals surface area contributed by atoms with Crippen molar-refractivity contribution >= 4 is 16.6 Å². The van der Waals surface area contributed by atoms with Crippen LogP contribution in [-0.2, 0) is 13.2 Å². The van der Waals surface area contributed by atoms with Crippen molar-refractivity contribution in [3.63, 3.8) is 0 Å². The Morgan fingerprint density at radius 3 is 2.66 bits per heavy atom. The van der Waals surface area contributed by atoms with Crippen LogP contribution in [0.15, 0.2) is 72.3 Å². The molecule has 4 aromatic rings. The highest BCUT2D eigenvalue weighted by Gasteiger charge is 2.22. The Labute approximate surface area is 188 Å². The average molecular weight is 420 g/mol. The maximum absolute atomic E-state index is 9.68. The number of hydrogen-bond donors (Lipinski definition) is 0. The van der Waals surface area contributed by atoms with Gasteiger partial charge in [0.1, 0.15) is 18.2 Å². The second kappa shape index (κ2) is 8.01. The lowest BCUT2D eigenvalue weighted by atomic mass is 9.90. The Hall–Kier alpha value is -3.84. The largest absolute Gasteiger partial charge is 0.488 e. The molecule has 0 N–H and O–H groups in total. The first-order valence-corrected chi connectivity index (χ1v) is 11.0. The van der Waals surface area contributed by atoms with Gasteiger partial charge >= 0.3 is 0 Å². The molecule has 0 unspecified atom stereocenters. The summed E-state index contributed by atoms with van der Waals surface area (Å²) in [4.78, 5) is 4.88. The first-order chi connectivity index (χ1) is 15.6. The van der Waals surface area contributed by atoms with Gasteiger partial charge in [0.05, 0.1) is 17.1 Å². The topological polar surface area (TPSA) is 50.8 Å². The number of benzene rings is 3. The summed E-state index contributed by atoms with van der Waals surface area (Å²) in [5, 5.41) is 9.68. The zero-order valence-electron chi connectivity index (χ0n) is 18.6. The molecule has 1 aromatic heterocycles. The number of allylic oxidation sites excluding steroid dienone is 1. The number of rotatable bonds is 3. The van der Waals surface area contributed by atoms with Crippen molar-refractivity contribution in [2.24, 2.45) is 0 Å². The molecule has 0 aliphatic carbocycles. The van der Waals surface area contributed by atoms with E-state index in [4.69, 9.17) is 9.72 Å². The number of ether oxygens (including phenoxy) is 1. The normalized spacial score (nSPS) is 14.3. The summed E-state index contributed by atoms with van der Waals surface area (Å²) in [6.07, 6.45) is 0. The molecule has 1 aliphatic heterocycles. The van der Waals surface area contributed by atoms with Crippen LogP contribution >= 0.6 is 0 Å². The van der Waals surface area contributed by atoms with E-state index in [0.29, 0.717) is 18.1 Å². The van der Waals surface area contributed by atoms with Crippen LogP contribution in [0.4, 0.5) is 0 Å². The van der Waals surface area contributed by atoms with Crippen molar-refractivity contribution in [1.29, 1.82) is 5.26 Å². The van der Waals surface area contributed by atoms with Crippen molar-refractivity contribution in [3.8, 4) is 11.8 Å². The Bertz CT molecular complexity index is 1400. The summed E-state index contributed by atoms with van der Waals surface area (Å²) < 4.78 is 8.47. The smallest absolute Gasteiger partial charge is 0.127 e. The Balaban J connectivity index is 1.61. The number of para-hydroxylation sites is 3. The molecular weight excluding hydrogens is 394 g/mol. The maximum atomic E-state index is 9.68. The average Bonchev–Trinajstić information content (AvgIpc) is 3.09. The fourth-order valence-corrected chi connectivity index (χ4v) is 4.55. The van der Waals surface area contributed by atoms with Crippen molar-refractivity contribution in [2.45, 2.75) is 39.8 Å². The molecule has 0 saturated heterocycles. The molecule has 5 rings (SSSR count). The van der Waals surface area contributed by atoms with Crippen molar-refractivity contribution < 1.29 is 4.74 Å². The van der Waals surface area contributed by atoms with E-state index in [-0.39, 0.29) is 0 Å². The highest BCUT2D eigenvalue weighted by molar-refractivity contribution is 5.88. The van der Waals surface area contributed by atoms with Crippen LogP contribution in [0.1, 0.15) is 54.8 Å². The molecule has 0 spiro atoms.